The van der Waals surface area contributed by atoms with Crippen LogP contribution in [0.1, 0.15) is 60.7 Å². The molecular weight excluding hydrogens is 340 g/mol. The molecule has 4 rings (SSSR count). The Bertz CT molecular complexity index is 649. The first-order chi connectivity index (χ1) is 12.9. The van der Waals surface area contributed by atoms with Crippen LogP contribution in [0.4, 0.5) is 0 Å². The summed E-state index contributed by atoms with van der Waals surface area (Å²) in [5.74, 6) is 1.67. The van der Waals surface area contributed by atoms with Gasteiger partial charge in [0.1, 0.15) is 5.82 Å². The SMILES string of the molecule is c1csc(CN2CCCN(Cc3cnc(C4CCCCC4)nc3)CC2)c1. The quantitative estimate of drug-likeness (QED) is 0.786. The Morgan fingerprint density at radius 3 is 2.31 bits per heavy atom. The summed E-state index contributed by atoms with van der Waals surface area (Å²) in [6, 6.07) is 4.40. The number of rotatable bonds is 5. The normalized spacial score (nSPS) is 20.9. The monoisotopic (exact) mass is 370 g/mol. The van der Waals surface area contributed by atoms with Crippen molar-refractivity contribution in [2.24, 2.45) is 0 Å². The molecule has 1 aliphatic heterocycles. The molecule has 4 nitrogen and oxygen atoms in total. The van der Waals surface area contributed by atoms with Crippen molar-refractivity contribution in [2.75, 3.05) is 26.2 Å². The van der Waals surface area contributed by atoms with Crippen LogP contribution in [0.3, 0.4) is 0 Å². The summed E-state index contributed by atoms with van der Waals surface area (Å²) in [6.45, 7) is 6.74. The smallest absolute Gasteiger partial charge is 0.131 e. The van der Waals surface area contributed by atoms with Gasteiger partial charge in [-0.3, -0.25) is 9.80 Å². The average Bonchev–Trinajstić information content (AvgIpc) is 3.10. The van der Waals surface area contributed by atoms with E-state index in [1.807, 2.05) is 11.3 Å². The van der Waals surface area contributed by atoms with E-state index < -0.39 is 0 Å². The van der Waals surface area contributed by atoms with Gasteiger partial charge in [-0.05, 0) is 43.8 Å². The maximum Gasteiger partial charge on any atom is 0.131 e. The molecular formula is C21H30N4S. The lowest BCUT2D eigenvalue weighted by molar-refractivity contribution is 0.248. The summed E-state index contributed by atoms with van der Waals surface area (Å²) >= 11 is 1.87. The topological polar surface area (TPSA) is 32.3 Å². The minimum Gasteiger partial charge on any atom is -0.298 e. The fraction of sp³-hybridized carbons (Fsp3) is 0.619. The van der Waals surface area contributed by atoms with E-state index in [0.717, 1.165) is 32.0 Å². The number of thiophene rings is 1. The molecule has 0 spiro atoms. The third-order valence-corrected chi connectivity index (χ3v) is 6.60. The van der Waals surface area contributed by atoms with Crippen molar-refractivity contribution in [3.63, 3.8) is 0 Å². The molecule has 2 aliphatic rings. The van der Waals surface area contributed by atoms with Gasteiger partial charge in [0.05, 0.1) is 0 Å². The third kappa shape index (κ3) is 4.90. The van der Waals surface area contributed by atoms with Crippen LogP contribution in [0, 0.1) is 0 Å². The summed E-state index contributed by atoms with van der Waals surface area (Å²) in [4.78, 5) is 16.1. The van der Waals surface area contributed by atoms with Crippen LogP contribution in [-0.2, 0) is 13.1 Å². The highest BCUT2D eigenvalue weighted by Crippen LogP contribution is 2.30. The van der Waals surface area contributed by atoms with E-state index in [-0.39, 0.29) is 0 Å². The van der Waals surface area contributed by atoms with Crippen LogP contribution in [0.15, 0.2) is 29.9 Å². The van der Waals surface area contributed by atoms with Crippen molar-refractivity contribution in [1.29, 1.82) is 0 Å². The van der Waals surface area contributed by atoms with Gasteiger partial charge >= 0.3 is 0 Å². The molecule has 26 heavy (non-hydrogen) atoms. The summed E-state index contributed by atoms with van der Waals surface area (Å²) in [5, 5.41) is 2.18. The second-order valence-corrected chi connectivity index (χ2v) is 8.80. The maximum absolute atomic E-state index is 4.71. The van der Waals surface area contributed by atoms with Gasteiger partial charge < -0.3 is 0 Å². The highest BCUT2D eigenvalue weighted by molar-refractivity contribution is 7.09. The third-order valence-electron chi connectivity index (χ3n) is 5.74. The summed E-state index contributed by atoms with van der Waals surface area (Å²) in [5.41, 5.74) is 1.26. The molecule has 5 heteroatoms. The Morgan fingerprint density at radius 2 is 1.62 bits per heavy atom. The first kappa shape index (κ1) is 18.1. The van der Waals surface area contributed by atoms with Gasteiger partial charge in [-0.25, -0.2) is 9.97 Å². The molecule has 1 saturated carbocycles. The molecule has 2 aromatic heterocycles. The first-order valence-electron chi connectivity index (χ1n) is 10.1. The number of aromatic nitrogens is 2. The van der Waals surface area contributed by atoms with Crippen LogP contribution in [0.25, 0.3) is 0 Å². The van der Waals surface area contributed by atoms with Crippen LogP contribution in [0.5, 0.6) is 0 Å². The van der Waals surface area contributed by atoms with Gasteiger partial charge in [0.15, 0.2) is 0 Å². The van der Waals surface area contributed by atoms with E-state index >= 15 is 0 Å². The second-order valence-electron chi connectivity index (χ2n) is 7.77. The van der Waals surface area contributed by atoms with Crippen molar-refractivity contribution in [2.45, 2.75) is 57.5 Å². The first-order valence-corrected chi connectivity index (χ1v) is 11.0. The minimum absolute atomic E-state index is 0.599. The molecule has 1 aliphatic carbocycles. The number of nitrogens with zero attached hydrogens (tertiary/aromatic N) is 4. The molecule has 0 aromatic carbocycles. The molecule has 2 aromatic rings. The summed E-state index contributed by atoms with van der Waals surface area (Å²) in [7, 11) is 0. The Hall–Kier alpha value is -1.30. The van der Waals surface area contributed by atoms with Crippen LogP contribution in [0.2, 0.25) is 0 Å². The molecule has 0 unspecified atom stereocenters. The molecule has 2 fully saturated rings. The molecule has 1 saturated heterocycles. The fourth-order valence-corrected chi connectivity index (χ4v) is 4.99. The minimum atomic E-state index is 0.599. The Morgan fingerprint density at radius 1 is 0.885 bits per heavy atom. The highest BCUT2D eigenvalue weighted by atomic mass is 32.1. The Balaban J connectivity index is 1.28. The van der Waals surface area contributed by atoms with E-state index in [1.54, 1.807) is 0 Å². The standard InChI is InChI=1S/C21H30N4S/c1-2-6-19(7-3-1)21-22-14-18(15-23-21)16-24-9-5-10-25(12-11-24)17-20-8-4-13-26-20/h4,8,13-15,19H,1-3,5-7,9-12,16-17H2. The van der Waals surface area contributed by atoms with Crippen LogP contribution in [-0.4, -0.2) is 45.9 Å². The Kier molecular flexibility index (Phi) is 6.31. The van der Waals surface area contributed by atoms with E-state index in [4.69, 9.17) is 9.97 Å². The molecule has 0 radical (unpaired) electrons. The molecule has 0 atom stereocenters. The predicted molar refractivity (Wildman–Crippen MR) is 107 cm³/mol. The lowest BCUT2D eigenvalue weighted by Gasteiger charge is -2.22. The van der Waals surface area contributed by atoms with E-state index in [1.165, 1.54) is 62.1 Å². The predicted octanol–water partition coefficient (Wildman–Crippen LogP) is 4.29. The lowest BCUT2D eigenvalue weighted by Crippen LogP contribution is -2.30. The molecule has 140 valence electrons. The van der Waals surface area contributed by atoms with Gasteiger partial charge in [0.2, 0.25) is 0 Å². The molecule has 3 heterocycles. The molecule has 0 N–H and O–H groups in total. The molecule has 0 amide bonds. The van der Waals surface area contributed by atoms with Crippen molar-refractivity contribution >= 4 is 11.3 Å². The van der Waals surface area contributed by atoms with Crippen LogP contribution < -0.4 is 0 Å². The van der Waals surface area contributed by atoms with Gasteiger partial charge in [-0.2, -0.15) is 0 Å². The van der Waals surface area contributed by atoms with Crippen LogP contribution >= 0.6 is 11.3 Å². The van der Waals surface area contributed by atoms with E-state index in [2.05, 4.69) is 39.7 Å². The lowest BCUT2D eigenvalue weighted by atomic mass is 9.89. The van der Waals surface area contributed by atoms with Gasteiger partial charge in [0, 0.05) is 54.9 Å². The van der Waals surface area contributed by atoms with E-state index in [9.17, 15) is 0 Å². The number of hydrogen-bond donors (Lipinski definition) is 0. The summed E-state index contributed by atoms with van der Waals surface area (Å²) in [6.07, 6.45) is 12.0. The van der Waals surface area contributed by atoms with Gasteiger partial charge in [0.25, 0.3) is 0 Å². The maximum atomic E-state index is 4.71. The van der Waals surface area contributed by atoms with Gasteiger partial charge in [-0.1, -0.05) is 25.3 Å². The molecule has 0 bridgehead atoms. The van der Waals surface area contributed by atoms with Crippen molar-refractivity contribution in [3.8, 4) is 0 Å². The fourth-order valence-electron chi connectivity index (χ4n) is 4.24. The zero-order valence-electron chi connectivity index (χ0n) is 15.6. The second kappa shape index (κ2) is 9.07. The zero-order chi connectivity index (χ0) is 17.6. The van der Waals surface area contributed by atoms with Crippen molar-refractivity contribution in [1.82, 2.24) is 19.8 Å². The highest BCUT2D eigenvalue weighted by Gasteiger charge is 2.19. The van der Waals surface area contributed by atoms with Crippen molar-refractivity contribution < 1.29 is 0 Å². The average molecular weight is 371 g/mol. The Labute approximate surface area is 161 Å². The zero-order valence-corrected chi connectivity index (χ0v) is 16.5. The number of hydrogen-bond acceptors (Lipinski definition) is 5. The van der Waals surface area contributed by atoms with E-state index in [0.29, 0.717) is 5.92 Å². The van der Waals surface area contributed by atoms with Gasteiger partial charge in [-0.15, -0.1) is 11.3 Å². The van der Waals surface area contributed by atoms with Crippen molar-refractivity contribution in [3.05, 3.63) is 46.2 Å². The summed E-state index contributed by atoms with van der Waals surface area (Å²) < 4.78 is 0. The largest absolute Gasteiger partial charge is 0.298 e.